The highest BCUT2D eigenvalue weighted by atomic mass is 32.1. The molecule has 0 amide bonds. The van der Waals surface area contributed by atoms with Gasteiger partial charge in [0.1, 0.15) is 5.84 Å². The average molecular weight is 253 g/mol. The lowest BCUT2D eigenvalue weighted by Gasteiger charge is -2.38. The molecule has 0 atom stereocenters. The minimum Gasteiger partial charge on any atom is -0.409 e. The van der Waals surface area contributed by atoms with Crippen LogP contribution in [0.1, 0.15) is 25.3 Å². The van der Waals surface area contributed by atoms with Crippen molar-refractivity contribution in [3.05, 3.63) is 22.4 Å². The molecule has 1 aromatic heterocycles. The van der Waals surface area contributed by atoms with E-state index in [4.69, 9.17) is 10.9 Å². The number of nitrogens with two attached hydrogens (primary N) is 1. The van der Waals surface area contributed by atoms with Crippen LogP contribution in [0.25, 0.3) is 0 Å². The summed E-state index contributed by atoms with van der Waals surface area (Å²) in [4.78, 5) is 2.43. The van der Waals surface area contributed by atoms with Crippen LogP contribution < -0.4 is 5.73 Å². The minimum atomic E-state index is -0.139. The molecule has 0 radical (unpaired) electrons. The number of thiophene rings is 1. The smallest absolute Gasteiger partial charge is 0.145 e. The van der Waals surface area contributed by atoms with Gasteiger partial charge in [0, 0.05) is 12.0 Å². The van der Waals surface area contributed by atoms with Gasteiger partial charge in [-0.2, -0.15) is 11.3 Å². The van der Waals surface area contributed by atoms with Gasteiger partial charge >= 0.3 is 0 Å². The molecule has 1 aliphatic rings. The summed E-state index contributed by atoms with van der Waals surface area (Å²) in [6.45, 7) is 5.09. The molecule has 0 bridgehead atoms. The maximum atomic E-state index is 8.78. The fourth-order valence-corrected chi connectivity index (χ4v) is 2.88. The molecule has 0 spiro atoms. The first kappa shape index (κ1) is 12.4. The molecule has 2 heterocycles. The van der Waals surface area contributed by atoms with Gasteiger partial charge in [-0.05, 0) is 48.3 Å². The number of rotatable bonds is 3. The van der Waals surface area contributed by atoms with Gasteiger partial charge in [0.15, 0.2) is 0 Å². The highest BCUT2D eigenvalue weighted by Crippen LogP contribution is 2.31. The van der Waals surface area contributed by atoms with E-state index in [0.29, 0.717) is 5.84 Å². The topological polar surface area (TPSA) is 61.9 Å². The summed E-state index contributed by atoms with van der Waals surface area (Å²) in [7, 11) is 0. The van der Waals surface area contributed by atoms with Gasteiger partial charge in [-0.3, -0.25) is 4.90 Å². The van der Waals surface area contributed by atoms with Gasteiger partial charge in [0.05, 0.1) is 0 Å². The van der Waals surface area contributed by atoms with Crippen molar-refractivity contribution in [1.82, 2.24) is 4.90 Å². The lowest BCUT2D eigenvalue weighted by molar-refractivity contribution is 0.153. The van der Waals surface area contributed by atoms with Gasteiger partial charge in [-0.25, -0.2) is 0 Å². The Morgan fingerprint density at radius 3 is 2.82 bits per heavy atom. The Labute approximate surface area is 106 Å². The maximum Gasteiger partial charge on any atom is 0.145 e. The van der Waals surface area contributed by atoms with Gasteiger partial charge in [0.2, 0.25) is 0 Å². The third-order valence-electron chi connectivity index (χ3n) is 3.67. The number of amidine groups is 1. The largest absolute Gasteiger partial charge is 0.409 e. The van der Waals surface area contributed by atoms with Crippen molar-refractivity contribution >= 4 is 17.2 Å². The molecule has 0 saturated carbocycles. The van der Waals surface area contributed by atoms with Crippen LogP contribution in [0.3, 0.4) is 0 Å². The lowest BCUT2D eigenvalue weighted by Crippen LogP contribution is -2.45. The summed E-state index contributed by atoms with van der Waals surface area (Å²) >= 11 is 1.74. The van der Waals surface area contributed by atoms with Gasteiger partial charge < -0.3 is 10.9 Å². The molecule has 1 fully saturated rings. The van der Waals surface area contributed by atoms with Crippen molar-refractivity contribution in [1.29, 1.82) is 0 Å². The predicted molar refractivity (Wildman–Crippen MR) is 70.3 cm³/mol. The van der Waals surface area contributed by atoms with Crippen LogP contribution in [0.2, 0.25) is 0 Å². The monoisotopic (exact) mass is 253 g/mol. The second-order valence-corrected chi connectivity index (χ2v) is 5.73. The zero-order valence-electron chi connectivity index (χ0n) is 10.1. The van der Waals surface area contributed by atoms with Gasteiger partial charge in [-0.15, -0.1) is 0 Å². The molecule has 3 N–H and O–H groups in total. The average Bonchev–Trinajstić information content (AvgIpc) is 2.84. The molecule has 5 heteroatoms. The Hall–Kier alpha value is -1.07. The fraction of sp³-hybridized carbons (Fsp3) is 0.583. The van der Waals surface area contributed by atoms with Crippen molar-refractivity contribution in [2.45, 2.75) is 26.3 Å². The lowest BCUT2D eigenvalue weighted by atomic mass is 9.79. The minimum absolute atomic E-state index is 0.139. The molecule has 1 saturated heterocycles. The maximum absolute atomic E-state index is 8.78. The Morgan fingerprint density at radius 2 is 2.29 bits per heavy atom. The fourth-order valence-electron chi connectivity index (χ4n) is 2.22. The van der Waals surface area contributed by atoms with Gasteiger partial charge in [-0.1, -0.05) is 12.1 Å². The SMILES string of the molecule is CC1(/C(N)=N/O)CCN(Cc2ccsc2)CC1. The summed E-state index contributed by atoms with van der Waals surface area (Å²) in [6.07, 6.45) is 1.90. The van der Waals surface area contributed by atoms with Crippen molar-refractivity contribution < 1.29 is 5.21 Å². The van der Waals surface area contributed by atoms with E-state index < -0.39 is 0 Å². The van der Waals surface area contributed by atoms with E-state index in [2.05, 4.69) is 33.8 Å². The Kier molecular flexibility index (Phi) is 3.69. The molecule has 0 aliphatic carbocycles. The van der Waals surface area contributed by atoms with E-state index in [1.54, 1.807) is 11.3 Å². The second-order valence-electron chi connectivity index (χ2n) is 4.95. The molecule has 17 heavy (non-hydrogen) atoms. The van der Waals surface area contributed by atoms with Crippen LogP contribution in [0, 0.1) is 5.41 Å². The highest BCUT2D eigenvalue weighted by Gasteiger charge is 2.34. The van der Waals surface area contributed by atoms with Crippen LogP contribution in [-0.4, -0.2) is 29.0 Å². The molecule has 0 unspecified atom stereocenters. The molecular formula is C12H19N3OS. The van der Waals surface area contributed by atoms with Crippen LogP contribution in [0.5, 0.6) is 0 Å². The second kappa shape index (κ2) is 5.06. The van der Waals surface area contributed by atoms with Crippen LogP contribution >= 0.6 is 11.3 Å². The van der Waals surface area contributed by atoms with Crippen molar-refractivity contribution in [3.8, 4) is 0 Å². The molecule has 2 rings (SSSR count). The third kappa shape index (κ3) is 2.79. The summed E-state index contributed by atoms with van der Waals surface area (Å²) < 4.78 is 0. The first-order valence-electron chi connectivity index (χ1n) is 5.85. The van der Waals surface area contributed by atoms with Crippen LogP contribution in [0.4, 0.5) is 0 Å². The first-order chi connectivity index (χ1) is 8.14. The summed E-state index contributed by atoms with van der Waals surface area (Å²) in [6, 6.07) is 2.17. The predicted octanol–water partition coefficient (Wildman–Crippen LogP) is 2.10. The zero-order chi connectivity index (χ0) is 12.3. The number of likely N-dealkylation sites (tertiary alicyclic amines) is 1. The third-order valence-corrected chi connectivity index (χ3v) is 4.40. The Bertz CT molecular complexity index is 380. The van der Waals surface area contributed by atoms with E-state index in [1.807, 2.05) is 0 Å². The first-order valence-corrected chi connectivity index (χ1v) is 6.80. The summed E-state index contributed by atoms with van der Waals surface area (Å²) in [5.41, 5.74) is 6.98. The van der Waals surface area contributed by atoms with Crippen molar-refractivity contribution in [2.24, 2.45) is 16.3 Å². The number of hydrogen-bond donors (Lipinski definition) is 2. The number of nitrogens with zero attached hydrogens (tertiary/aromatic N) is 2. The van der Waals surface area contributed by atoms with E-state index >= 15 is 0 Å². The number of oxime groups is 1. The zero-order valence-corrected chi connectivity index (χ0v) is 10.9. The Morgan fingerprint density at radius 1 is 1.59 bits per heavy atom. The number of hydrogen-bond acceptors (Lipinski definition) is 4. The molecule has 1 aromatic rings. The quantitative estimate of drug-likeness (QED) is 0.375. The normalized spacial score (nSPS) is 21.6. The van der Waals surface area contributed by atoms with E-state index in [-0.39, 0.29) is 5.41 Å². The molecule has 1 aliphatic heterocycles. The van der Waals surface area contributed by atoms with Crippen molar-refractivity contribution in [2.75, 3.05) is 13.1 Å². The van der Waals surface area contributed by atoms with Gasteiger partial charge in [0.25, 0.3) is 0 Å². The van der Waals surface area contributed by atoms with E-state index in [9.17, 15) is 0 Å². The molecule has 4 nitrogen and oxygen atoms in total. The number of piperidine rings is 1. The summed E-state index contributed by atoms with van der Waals surface area (Å²) in [5.74, 6) is 0.368. The molecule has 0 aromatic carbocycles. The molecular weight excluding hydrogens is 234 g/mol. The standard InChI is InChI=1S/C12H19N3OS/c1-12(11(13)14-16)3-5-15(6-4-12)8-10-2-7-17-9-10/h2,7,9,16H,3-6,8H2,1H3,(H2,13,14). The van der Waals surface area contributed by atoms with E-state index in [0.717, 1.165) is 32.5 Å². The van der Waals surface area contributed by atoms with Crippen molar-refractivity contribution in [3.63, 3.8) is 0 Å². The Balaban J connectivity index is 1.90. The summed E-state index contributed by atoms with van der Waals surface area (Å²) in [5, 5.41) is 16.2. The molecule has 94 valence electrons. The van der Waals surface area contributed by atoms with Crippen LogP contribution in [0.15, 0.2) is 22.0 Å². The highest BCUT2D eigenvalue weighted by molar-refractivity contribution is 7.07. The van der Waals surface area contributed by atoms with Crippen LogP contribution in [-0.2, 0) is 6.54 Å². The van der Waals surface area contributed by atoms with E-state index in [1.165, 1.54) is 5.56 Å².